The highest BCUT2D eigenvalue weighted by Crippen LogP contribution is 2.35. The summed E-state index contributed by atoms with van der Waals surface area (Å²) in [7, 11) is 0. The Morgan fingerprint density at radius 3 is 2.37 bits per heavy atom. The Labute approximate surface area is 116 Å². The predicted octanol–water partition coefficient (Wildman–Crippen LogP) is 2.22. The monoisotopic (exact) mass is 268 g/mol. The van der Waals surface area contributed by atoms with Crippen LogP contribution in [0.3, 0.4) is 0 Å². The highest BCUT2D eigenvalue weighted by Gasteiger charge is 2.34. The molecule has 2 atom stereocenters. The van der Waals surface area contributed by atoms with E-state index in [1.165, 1.54) is 19.3 Å². The molecule has 1 saturated carbocycles. The summed E-state index contributed by atoms with van der Waals surface area (Å²) in [6.07, 6.45) is 7.17. The van der Waals surface area contributed by atoms with E-state index in [9.17, 15) is 9.59 Å². The highest BCUT2D eigenvalue weighted by atomic mass is 16.2. The normalized spacial score (nSPS) is 18.4. The zero-order valence-corrected chi connectivity index (χ0v) is 12.3. The van der Waals surface area contributed by atoms with Gasteiger partial charge in [0, 0.05) is 18.4 Å². The molecule has 19 heavy (non-hydrogen) atoms. The molecule has 110 valence electrons. The predicted molar refractivity (Wildman–Crippen MR) is 76.3 cm³/mol. The molecular weight excluding hydrogens is 240 g/mol. The number of nitrogens with two attached hydrogens (primary N) is 1. The third-order valence-electron chi connectivity index (χ3n) is 4.22. The van der Waals surface area contributed by atoms with Crippen LogP contribution in [-0.2, 0) is 9.59 Å². The van der Waals surface area contributed by atoms with Crippen LogP contribution in [0, 0.1) is 17.8 Å². The van der Waals surface area contributed by atoms with E-state index in [2.05, 4.69) is 12.2 Å². The Morgan fingerprint density at radius 2 is 1.95 bits per heavy atom. The minimum Gasteiger partial charge on any atom is -0.369 e. The van der Waals surface area contributed by atoms with Crippen LogP contribution in [0.1, 0.15) is 58.8 Å². The first-order chi connectivity index (χ1) is 9.10. The SMILES string of the molecule is CCCC[C@H](C(N)=O)[C@@H](CC1CCC1)C(=O)NCC. The molecule has 1 aliphatic carbocycles. The Bertz CT molecular complexity index is 301. The molecule has 2 amide bonds. The van der Waals surface area contributed by atoms with Crippen molar-refractivity contribution >= 4 is 11.8 Å². The minimum atomic E-state index is -0.316. The fourth-order valence-electron chi connectivity index (χ4n) is 2.81. The Morgan fingerprint density at radius 1 is 1.26 bits per heavy atom. The third-order valence-corrected chi connectivity index (χ3v) is 4.22. The van der Waals surface area contributed by atoms with Gasteiger partial charge in [-0.3, -0.25) is 9.59 Å². The zero-order chi connectivity index (χ0) is 14.3. The molecule has 0 bridgehead atoms. The fraction of sp³-hybridized carbons (Fsp3) is 0.867. The summed E-state index contributed by atoms with van der Waals surface area (Å²) in [6.45, 7) is 4.61. The average molecular weight is 268 g/mol. The molecule has 0 unspecified atom stereocenters. The summed E-state index contributed by atoms with van der Waals surface area (Å²) >= 11 is 0. The smallest absolute Gasteiger partial charge is 0.223 e. The number of hydrogen-bond donors (Lipinski definition) is 2. The Hall–Kier alpha value is -1.06. The van der Waals surface area contributed by atoms with Crippen molar-refractivity contribution in [2.24, 2.45) is 23.5 Å². The summed E-state index contributed by atoms with van der Waals surface area (Å²) in [4.78, 5) is 23.9. The van der Waals surface area contributed by atoms with Gasteiger partial charge in [0.2, 0.25) is 11.8 Å². The second kappa shape index (κ2) is 8.18. The molecule has 0 aliphatic heterocycles. The van der Waals surface area contributed by atoms with Gasteiger partial charge in [0.25, 0.3) is 0 Å². The Kier molecular flexibility index (Phi) is 6.89. The van der Waals surface area contributed by atoms with E-state index in [4.69, 9.17) is 5.73 Å². The topological polar surface area (TPSA) is 72.2 Å². The van der Waals surface area contributed by atoms with Crippen LogP contribution in [0.25, 0.3) is 0 Å². The first-order valence-corrected chi connectivity index (χ1v) is 7.67. The lowest BCUT2D eigenvalue weighted by Gasteiger charge is -2.32. The van der Waals surface area contributed by atoms with Gasteiger partial charge < -0.3 is 11.1 Å². The van der Waals surface area contributed by atoms with Crippen LogP contribution in [0.2, 0.25) is 0 Å². The number of hydrogen-bond acceptors (Lipinski definition) is 2. The maximum atomic E-state index is 12.2. The van der Waals surface area contributed by atoms with Crippen LogP contribution in [0.15, 0.2) is 0 Å². The van der Waals surface area contributed by atoms with Gasteiger partial charge in [0.05, 0.1) is 0 Å². The number of rotatable bonds is 9. The molecule has 4 nitrogen and oxygen atoms in total. The van der Waals surface area contributed by atoms with Gasteiger partial charge in [-0.15, -0.1) is 0 Å². The van der Waals surface area contributed by atoms with Crippen LogP contribution >= 0.6 is 0 Å². The van der Waals surface area contributed by atoms with Crippen molar-refractivity contribution < 1.29 is 9.59 Å². The van der Waals surface area contributed by atoms with E-state index in [-0.39, 0.29) is 23.7 Å². The number of primary amides is 1. The minimum absolute atomic E-state index is 0.00861. The number of nitrogens with one attached hydrogen (secondary N) is 1. The van der Waals surface area contributed by atoms with Gasteiger partial charge in [-0.1, -0.05) is 39.0 Å². The van der Waals surface area contributed by atoms with Gasteiger partial charge >= 0.3 is 0 Å². The number of unbranched alkanes of at least 4 members (excludes halogenated alkanes) is 1. The molecule has 0 aromatic rings. The van der Waals surface area contributed by atoms with Crippen molar-refractivity contribution in [1.29, 1.82) is 0 Å². The van der Waals surface area contributed by atoms with Crippen LogP contribution in [-0.4, -0.2) is 18.4 Å². The van der Waals surface area contributed by atoms with Gasteiger partial charge in [-0.25, -0.2) is 0 Å². The lowest BCUT2D eigenvalue weighted by atomic mass is 9.74. The first kappa shape index (κ1) is 16.0. The van der Waals surface area contributed by atoms with E-state index in [1.807, 2.05) is 6.92 Å². The van der Waals surface area contributed by atoms with Crippen LogP contribution < -0.4 is 11.1 Å². The molecule has 0 saturated heterocycles. The molecule has 0 aromatic heterocycles. The summed E-state index contributed by atoms with van der Waals surface area (Å²) in [6, 6.07) is 0. The molecule has 0 aromatic carbocycles. The molecule has 3 N–H and O–H groups in total. The van der Waals surface area contributed by atoms with Crippen molar-refractivity contribution in [3.05, 3.63) is 0 Å². The van der Waals surface area contributed by atoms with Crippen LogP contribution in [0.5, 0.6) is 0 Å². The van der Waals surface area contributed by atoms with E-state index >= 15 is 0 Å². The van der Waals surface area contributed by atoms with Crippen molar-refractivity contribution in [2.45, 2.75) is 58.8 Å². The lowest BCUT2D eigenvalue weighted by molar-refractivity contribution is -0.134. The van der Waals surface area contributed by atoms with Gasteiger partial charge in [0.1, 0.15) is 0 Å². The maximum absolute atomic E-state index is 12.2. The molecule has 0 spiro atoms. The third kappa shape index (κ3) is 4.84. The quantitative estimate of drug-likeness (QED) is 0.673. The van der Waals surface area contributed by atoms with Crippen molar-refractivity contribution in [2.75, 3.05) is 6.54 Å². The molecule has 1 aliphatic rings. The number of carbonyl (C=O) groups is 2. The molecule has 1 fully saturated rings. The van der Waals surface area contributed by atoms with E-state index in [0.717, 1.165) is 25.7 Å². The number of amides is 2. The zero-order valence-electron chi connectivity index (χ0n) is 12.3. The lowest BCUT2D eigenvalue weighted by Crippen LogP contribution is -2.41. The first-order valence-electron chi connectivity index (χ1n) is 7.67. The summed E-state index contributed by atoms with van der Waals surface area (Å²) in [5.41, 5.74) is 5.53. The van der Waals surface area contributed by atoms with Crippen LogP contribution in [0.4, 0.5) is 0 Å². The van der Waals surface area contributed by atoms with E-state index in [0.29, 0.717) is 12.5 Å². The average Bonchev–Trinajstić information content (AvgIpc) is 2.30. The Balaban J connectivity index is 2.70. The molecule has 0 radical (unpaired) electrons. The molecule has 1 rings (SSSR count). The highest BCUT2D eigenvalue weighted by molar-refractivity contribution is 5.86. The summed E-state index contributed by atoms with van der Waals surface area (Å²) in [5, 5.41) is 2.86. The second-order valence-electron chi connectivity index (χ2n) is 5.68. The molecule has 4 heteroatoms. The van der Waals surface area contributed by atoms with Crippen molar-refractivity contribution in [3.63, 3.8) is 0 Å². The van der Waals surface area contributed by atoms with Gasteiger partial charge in [-0.05, 0) is 25.7 Å². The fourth-order valence-corrected chi connectivity index (χ4v) is 2.81. The second-order valence-corrected chi connectivity index (χ2v) is 5.68. The van der Waals surface area contributed by atoms with Gasteiger partial charge in [-0.2, -0.15) is 0 Å². The van der Waals surface area contributed by atoms with Gasteiger partial charge in [0.15, 0.2) is 0 Å². The maximum Gasteiger partial charge on any atom is 0.223 e. The van der Waals surface area contributed by atoms with Crippen molar-refractivity contribution in [3.8, 4) is 0 Å². The summed E-state index contributed by atoms with van der Waals surface area (Å²) in [5.74, 6) is -0.226. The van der Waals surface area contributed by atoms with Crippen molar-refractivity contribution in [1.82, 2.24) is 5.32 Å². The standard InChI is InChI=1S/C15H28N2O2/c1-3-5-9-12(14(16)18)13(15(19)17-4-2)10-11-7-6-8-11/h11-13H,3-10H2,1-2H3,(H2,16,18)(H,17,19)/t12-,13+/m0/s1. The van der Waals surface area contributed by atoms with E-state index < -0.39 is 0 Å². The summed E-state index contributed by atoms with van der Waals surface area (Å²) < 4.78 is 0. The molecule has 0 heterocycles. The largest absolute Gasteiger partial charge is 0.369 e. The number of carbonyl (C=O) groups excluding carboxylic acids is 2. The van der Waals surface area contributed by atoms with E-state index in [1.54, 1.807) is 0 Å². The molecular formula is C15H28N2O2.